The molecule has 0 aromatic heterocycles. The minimum Gasteiger partial charge on any atom is -0.0714 e. The molecule has 28 heavy (non-hydrogen) atoms. The van der Waals surface area contributed by atoms with E-state index in [0.717, 1.165) is 0 Å². The van der Waals surface area contributed by atoms with E-state index in [4.69, 9.17) is 0 Å². The molecule has 0 bridgehead atoms. The van der Waals surface area contributed by atoms with Gasteiger partial charge in [0, 0.05) is 8.80 Å². The predicted molar refractivity (Wildman–Crippen MR) is 129 cm³/mol. The maximum atomic E-state index is 2.49. The molecular weight excluding hydrogens is 352 g/mol. The Morgan fingerprint density at radius 3 is 1.79 bits per heavy atom. The Hall–Kier alpha value is -1.60. The molecule has 0 fully saturated rings. The second-order valence-electron chi connectivity index (χ2n) is 11.2. The molecule has 1 aliphatic rings. The summed E-state index contributed by atoms with van der Waals surface area (Å²) in [6.45, 7) is 23.5. The fourth-order valence-electron chi connectivity index (χ4n) is 4.62. The fourth-order valence-corrected chi connectivity index (χ4v) is 6.88. The van der Waals surface area contributed by atoms with Crippen LogP contribution in [0.1, 0.15) is 81.8 Å². The van der Waals surface area contributed by atoms with E-state index in [-0.39, 0.29) is 10.8 Å². The van der Waals surface area contributed by atoms with Crippen LogP contribution in [0.2, 0.25) is 13.1 Å². The molecule has 1 unspecified atom stereocenters. The molecule has 1 aliphatic carbocycles. The summed E-state index contributed by atoms with van der Waals surface area (Å²) in [6.07, 6.45) is 2.48. The summed E-state index contributed by atoms with van der Waals surface area (Å²) in [7, 11) is -0.803. The lowest BCUT2D eigenvalue weighted by Gasteiger charge is -2.27. The number of allylic oxidation sites excluding steroid dienone is 1. The highest BCUT2D eigenvalue weighted by atomic mass is 28.3. The minimum atomic E-state index is -0.803. The van der Waals surface area contributed by atoms with Crippen molar-refractivity contribution in [2.45, 2.75) is 84.9 Å². The van der Waals surface area contributed by atoms with Gasteiger partial charge in [-0.2, -0.15) is 0 Å². The number of benzene rings is 2. The lowest BCUT2D eigenvalue weighted by molar-refractivity contribution is 0.569. The zero-order chi connectivity index (χ0) is 21.0. The Morgan fingerprint density at radius 2 is 1.32 bits per heavy atom. The normalized spacial score (nSPS) is 17.1. The highest BCUT2D eigenvalue weighted by molar-refractivity contribution is 6.58. The second kappa shape index (κ2) is 7.02. The first-order valence-corrected chi connectivity index (χ1v) is 13.8. The zero-order valence-corrected chi connectivity index (χ0v) is 20.8. The van der Waals surface area contributed by atoms with Crippen molar-refractivity contribution in [2.24, 2.45) is 0 Å². The summed E-state index contributed by atoms with van der Waals surface area (Å²) in [5.41, 5.74) is 12.7. The van der Waals surface area contributed by atoms with Gasteiger partial charge in [0.05, 0.1) is 0 Å². The average molecular weight is 391 g/mol. The van der Waals surface area contributed by atoms with Crippen LogP contribution in [0.4, 0.5) is 0 Å². The SMILES string of the molecule is CC1=Cc2c(-c3cc(C(C)(C)C)cc(C(C)(C)C)c3)ccc(C)c2C1[SiH](C)C. The molecule has 0 amide bonds. The van der Waals surface area contributed by atoms with Crippen molar-refractivity contribution < 1.29 is 0 Å². The molecule has 2 aromatic carbocycles. The van der Waals surface area contributed by atoms with Crippen molar-refractivity contribution in [1.29, 1.82) is 0 Å². The van der Waals surface area contributed by atoms with Gasteiger partial charge in [0.1, 0.15) is 0 Å². The van der Waals surface area contributed by atoms with Gasteiger partial charge in [0.25, 0.3) is 0 Å². The van der Waals surface area contributed by atoms with Crippen LogP contribution >= 0.6 is 0 Å². The molecule has 150 valence electrons. The molecule has 2 aromatic rings. The Balaban J connectivity index is 2.29. The van der Waals surface area contributed by atoms with Gasteiger partial charge in [0.2, 0.25) is 0 Å². The van der Waals surface area contributed by atoms with Gasteiger partial charge < -0.3 is 0 Å². The lowest BCUT2D eigenvalue weighted by Crippen LogP contribution is -2.17. The number of hydrogen-bond acceptors (Lipinski definition) is 0. The molecule has 0 N–H and O–H groups in total. The van der Waals surface area contributed by atoms with Gasteiger partial charge in [-0.3, -0.25) is 0 Å². The lowest BCUT2D eigenvalue weighted by atomic mass is 9.78. The van der Waals surface area contributed by atoms with Crippen LogP contribution in [0.3, 0.4) is 0 Å². The largest absolute Gasteiger partial charge is 0.0714 e. The quantitative estimate of drug-likeness (QED) is 0.459. The highest BCUT2D eigenvalue weighted by Crippen LogP contribution is 2.45. The molecule has 1 atom stereocenters. The van der Waals surface area contributed by atoms with Crippen molar-refractivity contribution in [3.8, 4) is 11.1 Å². The van der Waals surface area contributed by atoms with E-state index < -0.39 is 8.80 Å². The van der Waals surface area contributed by atoms with E-state index in [1.807, 2.05) is 0 Å². The third kappa shape index (κ3) is 3.79. The summed E-state index contributed by atoms with van der Waals surface area (Å²) < 4.78 is 0. The first-order chi connectivity index (χ1) is 12.8. The van der Waals surface area contributed by atoms with E-state index in [9.17, 15) is 0 Å². The number of hydrogen-bond donors (Lipinski definition) is 0. The van der Waals surface area contributed by atoms with Crippen LogP contribution in [0.15, 0.2) is 35.9 Å². The Kier molecular flexibility index (Phi) is 5.30. The van der Waals surface area contributed by atoms with Crippen molar-refractivity contribution in [3.05, 3.63) is 63.7 Å². The average Bonchev–Trinajstić information content (AvgIpc) is 2.91. The van der Waals surface area contributed by atoms with Gasteiger partial charge in [-0.05, 0) is 69.2 Å². The Morgan fingerprint density at radius 1 is 0.786 bits per heavy atom. The predicted octanol–water partition coefficient (Wildman–Crippen LogP) is 7.78. The highest BCUT2D eigenvalue weighted by Gasteiger charge is 2.30. The van der Waals surface area contributed by atoms with Crippen LogP contribution in [0, 0.1) is 6.92 Å². The Bertz CT molecular complexity index is 898. The molecule has 0 saturated heterocycles. The van der Waals surface area contributed by atoms with Gasteiger partial charge in [-0.1, -0.05) is 96.6 Å². The summed E-state index contributed by atoms with van der Waals surface area (Å²) in [5.74, 6) is 0. The van der Waals surface area contributed by atoms with Crippen LogP contribution in [-0.2, 0) is 10.8 Å². The molecular formula is C27H38Si. The van der Waals surface area contributed by atoms with E-state index in [2.05, 4.69) is 105 Å². The van der Waals surface area contributed by atoms with Crippen LogP contribution in [0.25, 0.3) is 17.2 Å². The third-order valence-electron chi connectivity index (χ3n) is 6.32. The monoisotopic (exact) mass is 390 g/mol. The Labute approximate surface area is 174 Å². The fraction of sp³-hybridized carbons (Fsp3) is 0.481. The number of rotatable bonds is 2. The number of aryl methyl sites for hydroxylation is 1. The van der Waals surface area contributed by atoms with E-state index in [1.54, 1.807) is 11.1 Å². The first-order valence-electron chi connectivity index (χ1n) is 10.8. The van der Waals surface area contributed by atoms with E-state index >= 15 is 0 Å². The second-order valence-corrected chi connectivity index (χ2v) is 14.3. The van der Waals surface area contributed by atoms with Gasteiger partial charge in [-0.25, -0.2) is 0 Å². The van der Waals surface area contributed by atoms with Crippen LogP contribution in [0.5, 0.6) is 0 Å². The smallest absolute Gasteiger partial charge is 0.0439 e. The van der Waals surface area contributed by atoms with Crippen molar-refractivity contribution >= 4 is 14.9 Å². The summed E-state index contributed by atoms with van der Waals surface area (Å²) >= 11 is 0. The molecule has 0 aliphatic heterocycles. The maximum Gasteiger partial charge on any atom is 0.0439 e. The maximum absolute atomic E-state index is 2.49. The van der Waals surface area contributed by atoms with E-state index in [1.165, 1.54) is 33.4 Å². The molecule has 1 heteroatoms. The third-order valence-corrected chi connectivity index (χ3v) is 8.51. The molecule has 3 rings (SSSR count). The molecule has 0 spiro atoms. The first kappa shape index (κ1) is 21.1. The van der Waals surface area contributed by atoms with Gasteiger partial charge in [0.15, 0.2) is 0 Å². The van der Waals surface area contributed by atoms with Crippen LogP contribution < -0.4 is 0 Å². The summed E-state index contributed by atoms with van der Waals surface area (Å²) in [6, 6.07) is 12.0. The number of fused-ring (bicyclic) bond motifs is 1. The standard InChI is InChI=1S/C27H38Si/c1-17-11-12-22(23-13-18(2)25(24(17)23)28(9)10)19-14-20(26(3,4)5)16-21(15-19)27(6,7)8/h11-16,25,28H,1-10H3. The summed E-state index contributed by atoms with van der Waals surface area (Å²) in [5, 5.41) is 0. The van der Waals surface area contributed by atoms with E-state index in [0.29, 0.717) is 5.54 Å². The minimum absolute atomic E-state index is 0.142. The molecule has 0 heterocycles. The summed E-state index contributed by atoms with van der Waals surface area (Å²) in [4.78, 5) is 0. The van der Waals surface area contributed by atoms with Crippen molar-refractivity contribution in [1.82, 2.24) is 0 Å². The topological polar surface area (TPSA) is 0 Å². The van der Waals surface area contributed by atoms with Gasteiger partial charge in [-0.15, -0.1) is 0 Å². The van der Waals surface area contributed by atoms with Crippen LogP contribution in [-0.4, -0.2) is 8.80 Å². The van der Waals surface area contributed by atoms with Gasteiger partial charge >= 0.3 is 0 Å². The van der Waals surface area contributed by atoms with Crippen molar-refractivity contribution in [3.63, 3.8) is 0 Å². The molecule has 0 nitrogen and oxygen atoms in total. The molecule has 0 saturated carbocycles. The molecule has 0 radical (unpaired) electrons. The zero-order valence-electron chi connectivity index (χ0n) is 19.6. The van der Waals surface area contributed by atoms with Crippen molar-refractivity contribution in [2.75, 3.05) is 0 Å².